The highest BCUT2D eigenvalue weighted by atomic mass is 32.2. The summed E-state index contributed by atoms with van der Waals surface area (Å²) < 4.78 is 25.9. The second-order valence-corrected chi connectivity index (χ2v) is 7.44. The fraction of sp³-hybridized carbons (Fsp3) is 0.105. The lowest BCUT2D eigenvalue weighted by Crippen LogP contribution is -2.11. The van der Waals surface area contributed by atoms with Gasteiger partial charge in [0, 0.05) is 0 Å². The number of rotatable bonds is 3. The molecule has 23 heavy (non-hydrogen) atoms. The summed E-state index contributed by atoms with van der Waals surface area (Å²) in [7, 11) is -3.70. The van der Waals surface area contributed by atoms with Gasteiger partial charge in [0.25, 0.3) is 16.4 Å². The SMILES string of the molecule is C#[N+]C(c1cccc2ccccc12)S(=O)(=O)c1ccc(C)cc1. The van der Waals surface area contributed by atoms with Crippen LogP contribution in [0.5, 0.6) is 0 Å². The number of benzene rings is 3. The monoisotopic (exact) mass is 322 g/mol. The zero-order chi connectivity index (χ0) is 16.4. The molecular formula is C19H16NO2S+. The summed E-state index contributed by atoms with van der Waals surface area (Å²) in [5.41, 5.74) is 1.58. The standard InChI is InChI=1S/C19H16NO2S/c1-14-10-12-16(13-11-14)23(21,22)19(20-2)18-9-5-7-15-6-3-4-8-17(15)18/h2-13,19H,1H3/q+1. The molecule has 0 radical (unpaired) electrons. The molecular weight excluding hydrogens is 306 g/mol. The molecule has 3 rings (SSSR count). The maximum Gasteiger partial charge on any atom is 0.398 e. The second kappa shape index (κ2) is 5.86. The van der Waals surface area contributed by atoms with Gasteiger partial charge in [-0.05, 0) is 35.9 Å². The van der Waals surface area contributed by atoms with Gasteiger partial charge in [0.2, 0.25) is 0 Å². The van der Waals surface area contributed by atoms with Crippen molar-refractivity contribution in [1.82, 2.24) is 0 Å². The van der Waals surface area contributed by atoms with Crippen LogP contribution in [0.15, 0.2) is 71.6 Å². The zero-order valence-corrected chi connectivity index (χ0v) is 13.5. The van der Waals surface area contributed by atoms with Crippen molar-refractivity contribution in [3.05, 3.63) is 82.7 Å². The number of hydrogen-bond donors (Lipinski definition) is 0. The van der Waals surface area contributed by atoms with E-state index in [1.165, 1.54) is 0 Å². The van der Waals surface area contributed by atoms with Gasteiger partial charge in [-0.3, -0.25) is 0 Å². The Hall–Kier alpha value is -2.64. The molecule has 3 nitrogen and oxygen atoms in total. The topological polar surface area (TPSA) is 38.5 Å². The highest BCUT2D eigenvalue weighted by Gasteiger charge is 2.38. The van der Waals surface area contributed by atoms with Crippen molar-refractivity contribution in [2.75, 3.05) is 0 Å². The number of sulfone groups is 1. The summed E-state index contributed by atoms with van der Waals surface area (Å²) in [5, 5.41) is 0.666. The van der Waals surface area contributed by atoms with Gasteiger partial charge in [0.05, 0.1) is 10.5 Å². The average Bonchev–Trinajstić information content (AvgIpc) is 2.56. The molecule has 0 heterocycles. The van der Waals surface area contributed by atoms with E-state index < -0.39 is 15.2 Å². The molecule has 0 amide bonds. The highest BCUT2D eigenvalue weighted by Crippen LogP contribution is 2.34. The predicted molar refractivity (Wildman–Crippen MR) is 93.4 cm³/mol. The maximum atomic E-state index is 12.9. The molecule has 3 aromatic rings. The summed E-state index contributed by atoms with van der Waals surface area (Å²) in [4.78, 5) is 3.91. The van der Waals surface area contributed by atoms with Crippen LogP contribution in [-0.4, -0.2) is 8.42 Å². The molecule has 0 spiro atoms. The number of hydrogen-bond acceptors (Lipinski definition) is 2. The van der Waals surface area contributed by atoms with E-state index in [0.717, 1.165) is 16.3 Å². The van der Waals surface area contributed by atoms with Crippen LogP contribution in [-0.2, 0) is 9.84 Å². The van der Waals surface area contributed by atoms with Crippen molar-refractivity contribution in [3.63, 3.8) is 0 Å². The number of fused-ring (bicyclic) bond motifs is 1. The van der Waals surface area contributed by atoms with Crippen molar-refractivity contribution in [1.29, 1.82) is 0 Å². The highest BCUT2D eigenvalue weighted by molar-refractivity contribution is 7.91. The summed E-state index contributed by atoms with van der Waals surface area (Å²) >= 11 is 0. The van der Waals surface area contributed by atoms with E-state index in [1.54, 1.807) is 30.3 Å². The van der Waals surface area contributed by atoms with Gasteiger partial charge in [0.15, 0.2) is 0 Å². The van der Waals surface area contributed by atoms with Crippen molar-refractivity contribution in [2.45, 2.75) is 17.2 Å². The van der Waals surface area contributed by atoms with Crippen molar-refractivity contribution in [3.8, 4) is 6.57 Å². The number of nitrogens with zero attached hydrogens (tertiary/aromatic N) is 1. The molecule has 4 heteroatoms. The molecule has 0 fully saturated rings. The van der Waals surface area contributed by atoms with Gasteiger partial charge in [0.1, 0.15) is 0 Å². The first kappa shape index (κ1) is 15.3. The van der Waals surface area contributed by atoms with Crippen LogP contribution in [0, 0.1) is 13.5 Å². The van der Waals surface area contributed by atoms with Gasteiger partial charge in [-0.15, -0.1) is 0 Å². The van der Waals surface area contributed by atoms with E-state index in [-0.39, 0.29) is 4.90 Å². The lowest BCUT2D eigenvalue weighted by molar-refractivity contribution is 0.590. The van der Waals surface area contributed by atoms with Crippen molar-refractivity contribution < 1.29 is 8.42 Å². The summed E-state index contributed by atoms with van der Waals surface area (Å²) in [5.74, 6) is 0. The third-order valence-electron chi connectivity index (χ3n) is 3.87. The molecule has 0 aliphatic carbocycles. The first-order valence-electron chi connectivity index (χ1n) is 7.22. The minimum atomic E-state index is -3.70. The molecule has 0 saturated carbocycles. The van der Waals surface area contributed by atoms with Crippen LogP contribution < -0.4 is 0 Å². The molecule has 0 bridgehead atoms. The molecule has 0 aromatic heterocycles. The molecule has 0 saturated heterocycles. The third kappa shape index (κ3) is 2.71. The quantitative estimate of drug-likeness (QED) is 0.708. The van der Waals surface area contributed by atoms with E-state index in [0.29, 0.717) is 5.56 Å². The van der Waals surface area contributed by atoms with E-state index in [4.69, 9.17) is 6.57 Å². The van der Waals surface area contributed by atoms with E-state index in [9.17, 15) is 8.42 Å². The van der Waals surface area contributed by atoms with Gasteiger partial charge in [-0.25, -0.2) is 8.42 Å². The molecule has 3 aromatic carbocycles. The number of aryl methyl sites for hydroxylation is 1. The van der Waals surface area contributed by atoms with E-state index >= 15 is 0 Å². The van der Waals surface area contributed by atoms with Crippen LogP contribution in [0.25, 0.3) is 15.6 Å². The molecule has 114 valence electrons. The van der Waals surface area contributed by atoms with Gasteiger partial charge >= 0.3 is 5.37 Å². The van der Waals surface area contributed by atoms with Crippen LogP contribution in [0.3, 0.4) is 0 Å². The van der Waals surface area contributed by atoms with Crippen LogP contribution in [0.4, 0.5) is 0 Å². The Bertz CT molecular complexity index is 994. The van der Waals surface area contributed by atoms with E-state index in [1.807, 2.05) is 43.3 Å². The molecule has 0 aliphatic rings. The molecule has 0 aliphatic heterocycles. The normalized spacial score (nSPS) is 12.7. The predicted octanol–water partition coefficient (Wildman–Crippen LogP) is 4.58. The Balaban J connectivity index is 2.19. The first-order chi connectivity index (χ1) is 11.0. The minimum Gasteiger partial charge on any atom is -0.215 e. The van der Waals surface area contributed by atoms with Crippen LogP contribution in [0.2, 0.25) is 0 Å². The van der Waals surface area contributed by atoms with Gasteiger partial charge in [-0.1, -0.05) is 58.9 Å². The Morgan fingerprint density at radius 1 is 0.913 bits per heavy atom. The average molecular weight is 322 g/mol. The fourth-order valence-corrected chi connectivity index (χ4v) is 4.12. The fourth-order valence-electron chi connectivity index (χ4n) is 2.65. The van der Waals surface area contributed by atoms with Crippen molar-refractivity contribution >= 4 is 20.6 Å². The largest absolute Gasteiger partial charge is 0.398 e. The Labute approximate surface area is 135 Å². The third-order valence-corrected chi connectivity index (χ3v) is 5.76. The Morgan fingerprint density at radius 2 is 1.57 bits per heavy atom. The molecule has 1 unspecified atom stereocenters. The summed E-state index contributed by atoms with van der Waals surface area (Å²) in [6.07, 6.45) is 0. The lowest BCUT2D eigenvalue weighted by atomic mass is 10.0. The molecule has 0 N–H and O–H groups in total. The van der Waals surface area contributed by atoms with Crippen molar-refractivity contribution in [2.24, 2.45) is 0 Å². The Kier molecular flexibility index (Phi) is 3.89. The maximum absolute atomic E-state index is 12.9. The first-order valence-corrected chi connectivity index (χ1v) is 8.77. The second-order valence-electron chi connectivity index (χ2n) is 5.43. The van der Waals surface area contributed by atoms with E-state index in [2.05, 4.69) is 4.85 Å². The van der Waals surface area contributed by atoms with Crippen LogP contribution in [0.1, 0.15) is 16.5 Å². The zero-order valence-electron chi connectivity index (χ0n) is 12.7. The smallest absolute Gasteiger partial charge is 0.215 e. The van der Waals surface area contributed by atoms with Crippen LogP contribution >= 0.6 is 0 Å². The lowest BCUT2D eigenvalue weighted by Gasteiger charge is -2.08. The minimum absolute atomic E-state index is 0.218. The molecule has 1 atom stereocenters. The summed E-state index contributed by atoms with van der Waals surface area (Å²) in [6.45, 7) is 7.40. The summed E-state index contributed by atoms with van der Waals surface area (Å²) in [6, 6.07) is 19.8. The van der Waals surface area contributed by atoms with Gasteiger partial charge < -0.3 is 0 Å². The Morgan fingerprint density at radius 3 is 2.26 bits per heavy atom. The van der Waals surface area contributed by atoms with Gasteiger partial charge in [-0.2, -0.15) is 0 Å².